The van der Waals surface area contributed by atoms with Gasteiger partial charge in [0.2, 0.25) is 0 Å². The number of carbonyl (C=O) groups is 1. The molecule has 0 aliphatic heterocycles. The van der Waals surface area contributed by atoms with Crippen LogP contribution in [0.25, 0.3) is 0 Å². The van der Waals surface area contributed by atoms with Crippen LogP contribution in [0.15, 0.2) is 6.20 Å². The Hall–Kier alpha value is -1.36. The molecule has 1 heterocycles. The largest absolute Gasteiger partial charge is 0.394 e. The van der Waals surface area contributed by atoms with Gasteiger partial charge in [0.25, 0.3) is 5.91 Å². The van der Waals surface area contributed by atoms with Gasteiger partial charge in [0.05, 0.1) is 23.9 Å². The van der Waals surface area contributed by atoms with Crippen molar-refractivity contribution in [3.05, 3.63) is 17.5 Å². The Kier molecular flexibility index (Phi) is 2.26. The fourth-order valence-electron chi connectivity index (χ4n) is 1.50. The number of aryl methyl sites for hydroxylation is 1. The number of nitrogens with zero attached hydrogens (tertiary/aromatic N) is 2. The highest BCUT2D eigenvalue weighted by Crippen LogP contribution is 2.34. The van der Waals surface area contributed by atoms with E-state index in [0.29, 0.717) is 5.56 Å². The zero-order valence-corrected chi connectivity index (χ0v) is 8.95. The summed E-state index contributed by atoms with van der Waals surface area (Å²) >= 11 is 0. The van der Waals surface area contributed by atoms with E-state index in [1.165, 1.54) is 0 Å². The summed E-state index contributed by atoms with van der Waals surface area (Å²) in [5, 5.41) is 15.9. The topological polar surface area (TPSA) is 67.2 Å². The molecule has 0 unspecified atom stereocenters. The number of aromatic nitrogens is 2. The molecule has 0 bridgehead atoms. The predicted molar refractivity (Wildman–Crippen MR) is 54.5 cm³/mol. The third kappa shape index (κ3) is 1.74. The molecule has 0 radical (unpaired) electrons. The first kappa shape index (κ1) is 10.2. The molecular weight excluding hydrogens is 194 g/mol. The van der Waals surface area contributed by atoms with Gasteiger partial charge >= 0.3 is 0 Å². The van der Waals surface area contributed by atoms with E-state index < -0.39 is 0 Å². The Balaban J connectivity index is 2.12. The minimum atomic E-state index is -0.362. The van der Waals surface area contributed by atoms with E-state index in [-0.39, 0.29) is 18.1 Å². The van der Waals surface area contributed by atoms with Crippen molar-refractivity contribution in [2.24, 2.45) is 7.05 Å². The van der Waals surface area contributed by atoms with Gasteiger partial charge in [-0.15, -0.1) is 0 Å². The lowest BCUT2D eigenvalue weighted by Gasteiger charge is -2.13. The van der Waals surface area contributed by atoms with Gasteiger partial charge in [0, 0.05) is 12.7 Å². The van der Waals surface area contributed by atoms with Crippen LogP contribution in [0.2, 0.25) is 0 Å². The highest BCUT2D eigenvalue weighted by atomic mass is 16.3. The average Bonchev–Trinajstić information content (AvgIpc) is 2.90. The molecule has 0 saturated heterocycles. The van der Waals surface area contributed by atoms with Gasteiger partial charge in [-0.1, -0.05) is 0 Å². The summed E-state index contributed by atoms with van der Waals surface area (Å²) in [5.74, 6) is -0.146. The van der Waals surface area contributed by atoms with Crippen LogP contribution in [0.3, 0.4) is 0 Å². The lowest BCUT2D eigenvalue weighted by atomic mass is 10.2. The number of carbonyl (C=O) groups excluding carboxylic acids is 1. The van der Waals surface area contributed by atoms with Gasteiger partial charge in [-0.3, -0.25) is 9.48 Å². The summed E-state index contributed by atoms with van der Waals surface area (Å²) < 4.78 is 1.66. The second kappa shape index (κ2) is 3.34. The predicted octanol–water partition coefficient (Wildman–Crippen LogP) is -0.0168. The summed E-state index contributed by atoms with van der Waals surface area (Å²) in [5.41, 5.74) is 1.05. The molecule has 2 N–H and O–H groups in total. The average molecular weight is 209 g/mol. The van der Waals surface area contributed by atoms with Crippen LogP contribution in [0.1, 0.15) is 28.9 Å². The van der Waals surface area contributed by atoms with Crippen LogP contribution in [0.4, 0.5) is 0 Å². The summed E-state index contributed by atoms with van der Waals surface area (Å²) in [6.07, 6.45) is 3.27. The van der Waals surface area contributed by atoms with Gasteiger partial charge in [-0.25, -0.2) is 0 Å². The van der Waals surface area contributed by atoms with Gasteiger partial charge < -0.3 is 10.4 Å². The van der Waals surface area contributed by atoms with E-state index in [9.17, 15) is 4.79 Å². The molecule has 15 heavy (non-hydrogen) atoms. The van der Waals surface area contributed by atoms with Crippen molar-refractivity contribution < 1.29 is 9.90 Å². The molecule has 1 aliphatic rings. The van der Waals surface area contributed by atoms with Crippen molar-refractivity contribution in [3.63, 3.8) is 0 Å². The number of aliphatic hydroxyl groups excluding tert-OH is 1. The minimum Gasteiger partial charge on any atom is -0.394 e. The third-order valence-corrected chi connectivity index (χ3v) is 3.01. The van der Waals surface area contributed by atoms with Crippen molar-refractivity contribution in [2.45, 2.75) is 25.3 Å². The van der Waals surface area contributed by atoms with E-state index in [2.05, 4.69) is 10.4 Å². The number of aliphatic hydroxyl groups is 1. The van der Waals surface area contributed by atoms with Crippen LogP contribution >= 0.6 is 0 Å². The smallest absolute Gasteiger partial charge is 0.255 e. The Bertz CT molecular complexity index is 393. The van der Waals surface area contributed by atoms with E-state index in [1.807, 2.05) is 6.92 Å². The van der Waals surface area contributed by atoms with Crippen LogP contribution in [0, 0.1) is 6.92 Å². The van der Waals surface area contributed by atoms with Crippen molar-refractivity contribution in [2.75, 3.05) is 6.61 Å². The van der Waals surface area contributed by atoms with Crippen LogP contribution in [-0.2, 0) is 7.05 Å². The van der Waals surface area contributed by atoms with Crippen LogP contribution < -0.4 is 5.32 Å². The molecule has 1 amide bonds. The number of rotatable bonds is 3. The first-order valence-corrected chi connectivity index (χ1v) is 5.00. The Morgan fingerprint density at radius 3 is 2.80 bits per heavy atom. The molecular formula is C10H15N3O2. The lowest BCUT2D eigenvalue weighted by Crippen LogP contribution is -2.39. The molecule has 5 nitrogen and oxygen atoms in total. The van der Waals surface area contributed by atoms with E-state index in [1.54, 1.807) is 17.9 Å². The van der Waals surface area contributed by atoms with Crippen molar-refractivity contribution >= 4 is 5.91 Å². The van der Waals surface area contributed by atoms with E-state index in [0.717, 1.165) is 18.5 Å². The number of nitrogens with one attached hydrogen (secondary N) is 1. The SMILES string of the molecule is Cc1c(C(=O)NC2(CO)CC2)cnn1C. The molecule has 1 aliphatic carbocycles. The molecule has 1 aromatic heterocycles. The maximum Gasteiger partial charge on any atom is 0.255 e. The lowest BCUT2D eigenvalue weighted by molar-refractivity contribution is 0.0906. The van der Waals surface area contributed by atoms with Crippen LogP contribution in [0.5, 0.6) is 0 Å². The monoisotopic (exact) mass is 209 g/mol. The Labute approximate surface area is 88.1 Å². The molecule has 2 rings (SSSR count). The molecule has 1 fully saturated rings. The third-order valence-electron chi connectivity index (χ3n) is 3.01. The van der Waals surface area contributed by atoms with Gasteiger partial charge in [0.15, 0.2) is 0 Å². The molecule has 0 spiro atoms. The van der Waals surface area contributed by atoms with Crippen LogP contribution in [-0.4, -0.2) is 32.9 Å². The molecule has 82 valence electrons. The highest BCUT2D eigenvalue weighted by molar-refractivity contribution is 5.95. The first-order valence-electron chi connectivity index (χ1n) is 5.00. The van der Waals surface area contributed by atoms with Crippen molar-refractivity contribution in [3.8, 4) is 0 Å². The molecule has 0 aromatic carbocycles. The quantitative estimate of drug-likeness (QED) is 0.735. The summed E-state index contributed by atoms with van der Waals surface area (Å²) in [6, 6.07) is 0. The molecule has 1 saturated carbocycles. The number of amides is 1. The Morgan fingerprint density at radius 2 is 2.40 bits per heavy atom. The zero-order valence-electron chi connectivity index (χ0n) is 8.95. The minimum absolute atomic E-state index is 0.0120. The van der Waals surface area contributed by atoms with E-state index in [4.69, 9.17) is 5.11 Å². The molecule has 1 aromatic rings. The maximum absolute atomic E-state index is 11.8. The second-order valence-corrected chi connectivity index (χ2v) is 4.16. The van der Waals surface area contributed by atoms with Gasteiger partial charge in [0.1, 0.15) is 0 Å². The summed E-state index contributed by atoms with van der Waals surface area (Å²) in [6.45, 7) is 1.86. The first-order chi connectivity index (χ1) is 7.08. The summed E-state index contributed by atoms with van der Waals surface area (Å²) in [7, 11) is 1.80. The second-order valence-electron chi connectivity index (χ2n) is 4.16. The zero-order chi connectivity index (χ0) is 11.1. The van der Waals surface area contributed by atoms with Gasteiger partial charge in [-0.05, 0) is 19.8 Å². The normalized spacial score (nSPS) is 17.5. The molecule has 5 heteroatoms. The Morgan fingerprint density at radius 1 is 1.73 bits per heavy atom. The highest BCUT2D eigenvalue weighted by Gasteiger charge is 2.43. The van der Waals surface area contributed by atoms with E-state index >= 15 is 0 Å². The fourth-order valence-corrected chi connectivity index (χ4v) is 1.50. The number of hydrogen-bond donors (Lipinski definition) is 2. The van der Waals surface area contributed by atoms with Crippen molar-refractivity contribution in [1.82, 2.24) is 15.1 Å². The fraction of sp³-hybridized carbons (Fsp3) is 0.600. The van der Waals surface area contributed by atoms with Crippen molar-refractivity contribution in [1.29, 1.82) is 0 Å². The number of hydrogen-bond acceptors (Lipinski definition) is 3. The standard InChI is InChI=1S/C10H15N3O2/c1-7-8(5-11-13(7)2)9(15)12-10(6-14)3-4-10/h5,14H,3-4,6H2,1-2H3,(H,12,15). The van der Waals surface area contributed by atoms with Gasteiger partial charge in [-0.2, -0.15) is 5.10 Å². The summed E-state index contributed by atoms with van der Waals surface area (Å²) in [4.78, 5) is 11.8. The molecule has 0 atom stereocenters. The maximum atomic E-state index is 11.8.